The fourth-order valence-electron chi connectivity index (χ4n) is 1.10. The average Bonchev–Trinajstić information content (AvgIpc) is 2.18. The number of hydrogen-bond donors (Lipinski definition) is 0. The van der Waals surface area contributed by atoms with Crippen molar-refractivity contribution in [2.24, 2.45) is 0 Å². The van der Waals surface area contributed by atoms with Crippen LogP contribution in [0.15, 0.2) is 18.2 Å². The molecular formula is C10H9NO3. The van der Waals surface area contributed by atoms with E-state index in [4.69, 9.17) is 11.2 Å². The minimum absolute atomic E-state index is 0.00213. The van der Waals surface area contributed by atoms with E-state index in [1.807, 2.05) is 0 Å². The van der Waals surface area contributed by atoms with Gasteiger partial charge in [-0.2, -0.15) is 0 Å². The van der Waals surface area contributed by atoms with Crippen molar-refractivity contribution < 1.29 is 9.66 Å². The molecule has 0 saturated heterocycles. The summed E-state index contributed by atoms with van der Waals surface area (Å²) < 4.78 is 4.88. The zero-order valence-corrected chi connectivity index (χ0v) is 7.69. The molecule has 1 rings (SSSR count). The molecule has 0 fully saturated rings. The fraction of sp³-hybridized carbons (Fsp3) is 0.200. The van der Waals surface area contributed by atoms with E-state index in [9.17, 15) is 10.1 Å². The van der Waals surface area contributed by atoms with Crippen LogP contribution in [0.5, 0.6) is 5.75 Å². The lowest BCUT2D eigenvalue weighted by atomic mass is 10.1. The highest BCUT2D eigenvalue weighted by molar-refractivity contribution is 5.47. The Kier molecular flexibility index (Phi) is 3.08. The molecule has 0 aliphatic rings. The minimum Gasteiger partial charge on any atom is -0.497 e. The summed E-state index contributed by atoms with van der Waals surface area (Å²) in [6, 6.07) is 4.63. The number of nitro groups is 1. The van der Waals surface area contributed by atoms with Gasteiger partial charge >= 0.3 is 0 Å². The van der Waals surface area contributed by atoms with Crippen molar-refractivity contribution in [2.45, 2.75) is 6.42 Å². The van der Waals surface area contributed by atoms with E-state index in [-0.39, 0.29) is 12.1 Å². The van der Waals surface area contributed by atoms with Crippen molar-refractivity contribution in [1.82, 2.24) is 0 Å². The number of hydrogen-bond acceptors (Lipinski definition) is 3. The first-order chi connectivity index (χ1) is 6.69. The molecule has 0 aromatic heterocycles. The topological polar surface area (TPSA) is 52.4 Å². The summed E-state index contributed by atoms with van der Waals surface area (Å²) in [7, 11) is 1.46. The van der Waals surface area contributed by atoms with Gasteiger partial charge in [0.15, 0.2) is 0 Å². The van der Waals surface area contributed by atoms with Gasteiger partial charge in [0.2, 0.25) is 0 Å². The third-order valence-corrected chi connectivity index (χ3v) is 1.78. The van der Waals surface area contributed by atoms with Crippen LogP contribution in [0.4, 0.5) is 5.69 Å². The molecule has 4 nitrogen and oxygen atoms in total. The number of methoxy groups -OCH3 is 1. The van der Waals surface area contributed by atoms with E-state index in [1.54, 1.807) is 12.1 Å². The highest BCUT2D eigenvalue weighted by Crippen LogP contribution is 2.24. The Balaban J connectivity index is 3.18. The predicted octanol–water partition coefficient (Wildman–Crippen LogP) is 1.78. The Labute approximate surface area is 81.7 Å². The normalized spacial score (nSPS) is 9.14. The third kappa shape index (κ3) is 2.02. The zero-order chi connectivity index (χ0) is 10.6. The molecule has 0 heterocycles. The van der Waals surface area contributed by atoms with E-state index >= 15 is 0 Å². The molecule has 4 heteroatoms. The average molecular weight is 191 g/mol. The molecule has 0 spiro atoms. The lowest BCUT2D eigenvalue weighted by Crippen LogP contribution is -1.95. The molecule has 0 aliphatic carbocycles. The number of nitro benzene ring substituents is 1. The van der Waals surface area contributed by atoms with Gasteiger partial charge in [-0.1, -0.05) is 0 Å². The van der Waals surface area contributed by atoms with Gasteiger partial charge in [0.1, 0.15) is 5.75 Å². The second-order valence-electron chi connectivity index (χ2n) is 2.63. The van der Waals surface area contributed by atoms with Crippen LogP contribution in [0.25, 0.3) is 0 Å². The van der Waals surface area contributed by atoms with Crippen LogP contribution < -0.4 is 4.74 Å². The summed E-state index contributed by atoms with van der Waals surface area (Å²) in [4.78, 5) is 10.2. The van der Waals surface area contributed by atoms with Gasteiger partial charge < -0.3 is 4.74 Å². The highest BCUT2D eigenvalue weighted by Gasteiger charge is 2.13. The summed E-state index contributed by atoms with van der Waals surface area (Å²) in [6.45, 7) is 0. The Hall–Kier alpha value is -2.02. The van der Waals surface area contributed by atoms with Crippen LogP contribution in [0.1, 0.15) is 5.56 Å². The van der Waals surface area contributed by atoms with Crippen LogP contribution in [-0.4, -0.2) is 12.0 Å². The van der Waals surface area contributed by atoms with E-state index in [0.29, 0.717) is 11.3 Å². The molecule has 14 heavy (non-hydrogen) atoms. The van der Waals surface area contributed by atoms with E-state index < -0.39 is 4.92 Å². The molecule has 72 valence electrons. The van der Waals surface area contributed by atoms with E-state index in [0.717, 1.165) is 0 Å². The minimum atomic E-state index is -0.463. The molecule has 1 aromatic carbocycles. The van der Waals surface area contributed by atoms with Crippen molar-refractivity contribution in [3.05, 3.63) is 33.9 Å². The smallest absolute Gasteiger partial charge is 0.277 e. The van der Waals surface area contributed by atoms with Crippen molar-refractivity contribution in [3.63, 3.8) is 0 Å². The van der Waals surface area contributed by atoms with Crippen molar-refractivity contribution in [3.8, 4) is 18.1 Å². The second-order valence-corrected chi connectivity index (χ2v) is 2.63. The first kappa shape index (κ1) is 10.1. The Morgan fingerprint density at radius 1 is 1.64 bits per heavy atom. The summed E-state index contributed by atoms with van der Waals surface area (Å²) in [5.74, 6) is 2.83. The van der Waals surface area contributed by atoms with Gasteiger partial charge in [-0.05, 0) is 12.1 Å². The standard InChI is InChI=1S/C10H9NO3/c1-3-4-8-5-6-9(14-2)7-10(8)11(12)13/h1,5-7H,4H2,2H3. The van der Waals surface area contributed by atoms with Gasteiger partial charge in [0.05, 0.1) is 18.1 Å². The van der Waals surface area contributed by atoms with Crippen LogP contribution in [-0.2, 0) is 6.42 Å². The van der Waals surface area contributed by atoms with Crippen LogP contribution >= 0.6 is 0 Å². The molecule has 1 aromatic rings. The molecule has 0 radical (unpaired) electrons. The Bertz CT molecular complexity index is 393. The van der Waals surface area contributed by atoms with Gasteiger partial charge in [-0.15, -0.1) is 12.3 Å². The van der Waals surface area contributed by atoms with Crippen molar-refractivity contribution in [2.75, 3.05) is 7.11 Å². The molecule has 0 amide bonds. The summed E-state index contributed by atoms with van der Waals surface area (Å²) in [6.07, 6.45) is 5.35. The second kappa shape index (κ2) is 4.28. The zero-order valence-electron chi connectivity index (χ0n) is 7.69. The third-order valence-electron chi connectivity index (χ3n) is 1.78. The number of nitrogens with zero attached hydrogens (tertiary/aromatic N) is 1. The summed E-state index contributed by atoms with van der Waals surface area (Å²) >= 11 is 0. The van der Waals surface area contributed by atoms with E-state index in [1.165, 1.54) is 13.2 Å². The SMILES string of the molecule is C#CCc1ccc(OC)cc1[N+](=O)[O-]. The molecule has 0 unspecified atom stereocenters. The number of terminal acetylenes is 1. The number of benzene rings is 1. The first-order valence-corrected chi connectivity index (χ1v) is 3.93. The quantitative estimate of drug-likeness (QED) is 0.415. The van der Waals surface area contributed by atoms with Gasteiger partial charge in [0, 0.05) is 12.0 Å². The molecule has 0 N–H and O–H groups in total. The Morgan fingerprint density at radius 3 is 2.86 bits per heavy atom. The molecule has 0 atom stereocenters. The van der Waals surface area contributed by atoms with E-state index in [2.05, 4.69) is 5.92 Å². The van der Waals surface area contributed by atoms with Gasteiger partial charge in [-0.25, -0.2) is 0 Å². The molecular weight excluding hydrogens is 182 g/mol. The maximum Gasteiger partial charge on any atom is 0.277 e. The number of ether oxygens (including phenoxy) is 1. The maximum absolute atomic E-state index is 10.6. The summed E-state index contributed by atoms with van der Waals surface area (Å²) in [5, 5.41) is 10.6. The lowest BCUT2D eigenvalue weighted by Gasteiger charge is -2.02. The van der Waals surface area contributed by atoms with Crippen molar-refractivity contribution in [1.29, 1.82) is 0 Å². The fourth-order valence-corrected chi connectivity index (χ4v) is 1.10. The summed E-state index contributed by atoms with van der Waals surface area (Å²) in [5.41, 5.74) is 0.528. The highest BCUT2D eigenvalue weighted by atomic mass is 16.6. The predicted molar refractivity (Wildman–Crippen MR) is 52.2 cm³/mol. The molecule has 0 bridgehead atoms. The molecule has 0 saturated carbocycles. The van der Waals surface area contributed by atoms with Gasteiger partial charge in [0.25, 0.3) is 5.69 Å². The van der Waals surface area contributed by atoms with Crippen LogP contribution in [0.3, 0.4) is 0 Å². The number of rotatable bonds is 3. The van der Waals surface area contributed by atoms with Crippen LogP contribution in [0, 0.1) is 22.5 Å². The van der Waals surface area contributed by atoms with Gasteiger partial charge in [-0.3, -0.25) is 10.1 Å². The lowest BCUT2D eigenvalue weighted by molar-refractivity contribution is -0.385. The largest absolute Gasteiger partial charge is 0.497 e. The van der Waals surface area contributed by atoms with Crippen molar-refractivity contribution >= 4 is 5.69 Å². The molecule has 0 aliphatic heterocycles. The Morgan fingerprint density at radius 2 is 2.36 bits per heavy atom. The van der Waals surface area contributed by atoms with Crippen LogP contribution in [0.2, 0.25) is 0 Å². The first-order valence-electron chi connectivity index (χ1n) is 3.93. The maximum atomic E-state index is 10.6. The monoisotopic (exact) mass is 191 g/mol.